The third kappa shape index (κ3) is 32.1. The predicted molar refractivity (Wildman–Crippen MR) is 186 cm³/mol. The second-order valence-corrected chi connectivity index (χ2v) is 12.9. The van der Waals surface area contributed by atoms with Gasteiger partial charge in [-0.2, -0.15) is 0 Å². The zero-order valence-corrected chi connectivity index (χ0v) is 28.9. The number of esters is 1. The van der Waals surface area contributed by atoms with Crippen LogP contribution in [0.5, 0.6) is 0 Å². The van der Waals surface area contributed by atoms with Crippen LogP contribution < -0.4 is 0 Å². The second-order valence-electron chi connectivity index (χ2n) is 12.9. The first kappa shape index (κ1) is 41.9. The number of allylic oxidation sites excluding steroid dienone is 3. The van der Waals surface area contributed by atoms with Gasteiger partial charge in [-0.05, 0) is 51.0 Å². The Kier molecular flexibility index (Phi) is 34.4. The molecule has 0 heterocycles. The van der Waals surface area contributed by atoms with E-state index >= 15 is 0 Å². The lowest BCUT2D eigenvalue weighted by Crippen LogP contribution is -2.20. The van der Waals surface area contributed by atoms with E-state index in [0.29, 0.717) is 6.42 Å². The Hall–Kier alpha value is -1.13. The first-order chi connectivity index (χ1) is 21.2. The number of aliphatic hydroxyl groups excluding tert-OH is 2. The van der Waals surface area contributed by atoms with Crippen molar-refractivity contribution >= 4 is 5.97 Å². The van der Waals surface area contributed by atoms with Crippen molar-refractivity contribution in [2.75, 3.05) is 6.61 Å². The number of carbonyl (C=O) groups is 1. The van der Waals surface area contributed by atoms with Crippen molar-refractivity contribution in [1.29, 1.82) is 0 Å². The first-order valence-electron chi connectivity index (χ1n) is 19.0. The maximum atomic E-state index is 12.3. The molecular formula is C39H74O4. The predicted octanol–water partition coefficient (Wildman–Crippen LogP) is 12.1. The van der Waals surface area contributed by atoms with Gasteiger partial charge in [0.1, 0.15) is 11.9 Å². The Bertz CT molecular complexity index is 627. The van der Waals surface area contributed by atoms with E-state index in [1.54, 1.807) is 6.08 Å². The van der Waals surface area contributed by atoms with E-state index in [1.807, 2.05) is 0 Å². The van der Waals surface area contributed by atoms with Gasteiger partial charge >= 0.3 is 5.97 Å². The molecule has 0 amide bonds. The van der Waals surface area contributed by atoms with Crippen LogP contribution >= 0.6 is 0 Å². The van der Waals surface area contributed by atoms with Crippen LogP contribution in [-0.2, 0) is 9.53 Å². The average Bonchev–Trinajstić information content (AvgIpc) is 3.01. The lowest BCUT2D eigenvalue weighted by molar-refractivity contribution is -0.141. The maximum absolute atomic E-state index is 12.3. The van der Waals surface area contributed by atoms with Gasteiger partial charge in [0, 0.05) is 6.42 Å². The van der Waals surface area contributed by atoms with E-state index in [-0.39, 0.29) is 11.7 Å². The molecule has 0 aromatic rings. The standard InChI is InChI=1S/C39H74O4/c1-3-5-7-9-11-13-15-17-19-21-22-24-26-28-30-32-34-38(37(41)36-40)43-39(42)35-33-31-29-27-25-23-20-18-16-14-12-10-8-6-4-2/h25,27,34,37,40-41H,3-24,26,28-33,35-36H2,1-2H3/b27-25?,38-34-. The van der Waals surface area contributed by atoms with Gasteiger partial charge in [0.2, 0.25) is 0 Å². The van der Waals surface area contributed by atoms with Crippen LogP contribution in [0.3, 0.4) is 0 Å². The van der Waals surface area contributed by atoms with Gasteiger partial charge in [0.15, 0.2) is 0 Å². The van der Waals surface area contributed by atoms with Gasteiger partial charge in [-0.1, -0.05) is 167 Å². The summed E-state index contributed by atoms with van der Waals surface area (Å²) in [4.78, 5) is 12.3. The Morgan fingerprint density at radius 1 is 0.535 bits per heavy atom. The number of rotatable bonds is 34. The number of aliphatic hydroxyl groups is 2. The molecule has 4 heteroatoms. The van der Waals surface area contributed by atoms with Gasteiger partial charge < -0.3 is 14.9 Å². The summed E-state index contributed by atoms with van der Waals surface area (Å²) in [6.07, 6.45) is 42.4. The molecule has 0 aromatic carbocycles. The molecule has 0 spiro atoms. The average molecular weight is 607 g/mol. The van der Waals surface area contributed by atoms with Gasteiger partial charge in [-0.25, -0.2) is 0 Å². The second kappa shape index (κ2) is 35.4. The summed E-state index contributed by atoms with van der Waals surface area (Å²) < 4.78 is 5.44. The summed E-state index contributed by atoms with van der Waals surface area (Å²) in [7, 11) is 0. The number of carbonyl (C=O) groups excluding carboxylic acids is 1. The summed E-state index contributed by atoms with van der Waals surface area (Å²) in [5, 5.41) is 19.5. The lowest BCUT2D eigenvalue weighted by atomic mass is 10.0. The summed E-state index contributed by atoms with van der Waals surface area (Å²) in [6, 6.07) is 0. The zero-order valence-electron chi connectivity index (χ0n) is 28.9. The van der Waals surface area contributed by atoms with Crippen LogP contribution in [0.15, 0.2) is 24.0 Å². The Balaban J connectivity index is 3.75. The topological polar surface area (TPSA) is 66.8 Å². The van der Waals surface area contributed by atoms with Crippen LogP contribution in [0.25, 0.3) is 0 Å². The molecule has 0 aliphatic heterocycles. The summed E-state index contributed by atoms with van der Waals surface area (Å²) in [6.45, 7) is 4.11. The van der Waals surface area contributed by atoms with E-state index < -0.39 is 12.7 Å². The Morgan fingerprint density at radius 2 is 0.884 bits per heavy atom. The van der Waals surface area contributed by atoms with Crippen LogP contribution in [0.4, 0.5) is 0 Å². The molecule has 0 saturated heterocycles. The molecule has 4 nitrogen and oxygen atoms in total. The minimum atomic E-state index is -1.12. The molecule has 0 aliphatic carbocycles. The van der Waals surface area contributed by atoms with E-state index in [4.69, 9.17) is 4.74 Å². The molecule has 0 fully saturated rings. The van der Waals surface area contributed by atoms with Crippen LogP contribution in [-0.4, -0.2) is 28.9 Å². The minimum absolute atomic E-state index is 0.221. The quantitative estimate of drug-likeness (QED) is 0.0331. The van der Waals surface area contributed by atoms with Crippen molar-refractivity contribution in [3.05, 3.63) is 24.0 Å². The van der Waals surface area contributed by atoms with Gasteiger partial charge in [0.25, 0.3) is 0 Å². The van der Waals surface area contributed by atoms with Gasteiger partial charge in [-0.15, -0.1) is 0 Å². The van der Waals surface area contributed by atoms with Gasteiger partial charge in [0.05, 0.1) is 6.61 Å². The highest BCUT2D eigenvalue weighted by Crippen LogP contribution is 2.16. The fourth-order valence-electron chi connectivity index (χ4n) is 5.62. The highest BCUT2D eigenvalue weighted by Gasteiger charge is 2.15. The number of hydrogen-bond donors (Lipinski definition) is 2. The molecule has 2 N–H and O–H groups in total. The monoisotopic (exact) mass is 607 g/mol. The van der Waals surface area contributed by atoms with E-state index in [2.05, 4.69) is 26.0 Å². The SMILES string of the molecule is CCCCCCCCCCCC=CCCCCC(=O)O/C(=C\CCCCCCCCCCCCCCCCC)C(O)CO. The summed E-state index contributed by atoms with van der Waals surface area (Å²) in [5.74, 6) is -0.0902. The molecule has 1 unspecified atom stereocenters. The first-order valence-corrected chi connectivity index (χ1v) is 19.0. The Morgan fingerprint density at radius 3 is 1.28 bits per heavy atom. The van der Waals surface area contributed by atoms with Crippen LogP contribution in [0.2, 0.25) is 0 Å². The summed E-state index contributed by atoms with van der Waals surface area (Å²) in [5.41, 5.74) is 0. The minimum Gasteiger partial charge on any atom is -0.428 e. The fraction of sp³-hybridized carbons (Fsp3) is 0.872. The smallest absolute Gasteiger partial charge is 0.310 e. The molecular weight excluding hydrogens is 532 g/mol. The molecule has 254 valence electrons. The largest absolute Gasteiger partial charge is 0.428 e. The van der Waals surface area contributed by atoms with Crippen molar-refractivity contribution < 1.29 is 19.7 Å². The third-order valence-corrected chi connectivity index (χ3v) is 8.53. The normalized spacial score (nSPS) is 12.8. The van der Waals surface area contributed by atoms with Crippen LogP contribution in [0.1, 0.15) is 206 Å². The molecule has 0 aromatic heterocycles. The zero-order chi connectivity index (χ0) is 31.5. The molecule has 0 radical (unpaired) electrons. The molecule has 0 bridgehead atoms. The maximum Gasteiger partial charge on any atom is 0.310 e. The molecule has 0 saturated carbocycles. The molecule has 1 atom stereocenters. The van der Waals surface area contributed by atoms with E-state index in [1.165, 1.54) is 141 Å². The number of ether oxygens (including phenoxy) is 1. The van der Waals surface area contributed by atoms with Crippen molar-refractivity contribution in [2.24, 2.45) is 0 Å². The number of unbranched alkanes of at least 4 members (excludes halogenated alkanes) is 26. The highest BCUT2D eigenvalue weighted by molar-refractivity contribution is 5.70. The van der Waals surface area contributed by atoms with E-state index in [0.717, 1.165) is 44.9 Å². The molecule has 0 rings (SSSR count). The van der Waals surface area contributed by atoms with Crippen molar-refractivity contribution in [3.8, 4) is 0 Å². The van der Waals surface area contributed by atoms with E-state index in [9.17, 15) is 15.0 Å². The van der Waals surface area contributed by atoms with Gasteiger partial charge in [-0.3, -0.25) is 4.79 Å². The number of hydrogen-bond acceptors (Lipinski definition) is 4. The molecule has 0 aliphatic rings. The van der Waals surface area contributed by atoms with Crippen molar-refractivity contribution in [2.45, 2.75) is 213 Å². The fourth-order valence-corrected chi connectivity index (χ4v) is 5.62. The Labute approximate surface area is 268 Å². The lowest BCUT2D eigenvalue weighted by Gasteiger charge is -2.13. The third-order valence-electron chi connectivity index (χ3n) is 8.53. The van der Waals surface area contributed by atoms with Crippen molar-refractivity contribution in [1.82, 2.24) is 0 Å². The van der Waals surface area contributed by atoms with Crippen molar-refractivity contribution in [3.63, 3.8) is 0 Å². The highest BCUT2D eigenvalue weighted by atomic mass is 16.5. The molecule has 43 heavy (non-hydrogen) atoms. The van der Waals surface area contributed by atoms with Crippen LogP contribution in [0, 0.1) is 0 Å². The summed E-state index contributed by atoms with van der Waals surface area (Å²) >= 11 is 0.